The molecule has 1 saturated carbocycles. The average Bonchev–Trinajstić information content (AvgIpc) is 3.50. The summed E-state index contributed by atoms with van der Waals surface area (Å²) in [5.41, 5.74) is 2.49. The summed E-state index contributed by atoms with van der Waals surface area (Å²) in [6, 6.07) is 10.3. The van der Waals surface area contributed by atoms with E-state index in [1.165, 1.54) is 24.0 Å². The Bertz CT molecular complexity index is 1320. The second-order valence-electron chi connectivity index (χ2n) is 8.08. The highest BCUT2D eigenvalue weighted by molar-refractivity contribution is 7.16. The Kier molecular flexibility index (Phi) is 5.55. The quantitative estimate of drug-likeness (QED) is 0.376. The smallest absolute Gasteiger partial charge is 0.291 e. The van der Waals surface area contributed by atoms with E-state index in [1.807, 2.05) is 19.9 Å². The number of thiophene rings is 1. The number of aryl methyl sites for hydroxylation is 2. The van der Waals surface area contributed by atoms with Crippen molar-refractivity contribution in [3.63, 3.8) is 0 Å². The van der Waals surface area contributed by atoms with Gasteiger partial charge in [-0.1, -0.05) is 17.6 Å². The summed E-state index contributed by atoms with van der Waals surface area (Å²) in [6.07, 6.45) is 4.82. The molecule has 1 fully saturated rings. The van der Waals surface area contributed by atoms with E-state index < -0.39 is 0 Å². The van der Waals surface area contributed by atoms with Gasteiger partial charge in [0, 0.05) is 22.0 Å². The van der Waals surface area contributed by atoms with E-state index in [4.69, 9.17) is 8.94 Å². The molecule has 4 aromatic rings. The molecule has 0 atom stereocenters. The number of anilines is 2. The number of aromatic nitrogens is 2. The van der Waals surface area contributed by atoms with Gasteiger partial charge in [-0.3, -0.25) is 9.59 Å². The van der Waals surface area contributed by atoms with Gasteiger partial charge in [-0.2, -0.15) is 4.98 Å². The topological polar surface area (TPSA) is 110 Å². The van der Waals surface area contributed by atoms with E-state index in [1.54, 1.807) is 30.3 Å². The molecule has 0 spiro atoms. The summed E-state index contributed by atoms with van der Waals surface area (Å²) in [6.45, 7) is 3.79. The fourth-order valence-corrected chi connectivity index (χ4v) is 4.46. The first-order valence-electron chi connectivity index (χ1n) is 10.7. The number of hydrogen-bond acceptors (Lipinski definition) is 7. The van der Waals surface area contributed by atoms with E-state index in [-0.39, 0.29) is 17.6 Å². The Morgan fingerprint density at radius 2 is 1.88 bits per heavy atom. The SMILES string of the molecule is Cc1ccc(C(=O)Nc2cc(-c3noc(C4CCC4)n3)sc2C)cc1NC(=O)c1ccco1. The van der Waals surface area contributed by atoms with Gasteiger partial charge in [0.1, 0.15) is 0 Å². The van der Waals surface area contributed by atoms with Gasteiger partial charge in [-0.05, 0) is 62.6 Å². The minimum atomic E-state index is -0.375. The molecule has 5 rings (SSSR count). The predicted molar refractivity (Wildman–Crippen MR) is 125 cm³/mol. The highest BCUT2D eigenvalue weighted by Gasteiger charge is 2.26. The molecule has 2 N–H and O–H groups in total. The third kappa shape index (κ3) is 4.31. The van der Waals surface area contributed by atoms with Crippen LogP contribution in [-0.2, 0) is 0 Å². The Balaban J connectivity index is 1.31. The van der Waals surface area contributed by atoms with Crippen molar-refractivity contribution in [3.8, 4) is 10.7 Å². The second-order valence-corrected chi connectivity index (χ2v) is 9.34. The van der Waals surface area contributed by atoms with Gasteiger partial charge in [-0.15, -0.1) is 11.3 Å². The number of amides is 2. The summed E-state index contributed by atoms with van der Waals surface area (Å²) < 4.78 is 10.6. The lowest BCUT2D eigenvalue weighted by Crippen LogP contribution is -2.15. The van der Waals surface area contributed by atoms with Crippen LogP contribution >= 0.6 is 11.3 Å². The molecule has 0 radical (unpaired) electrons. The number of hydrogen-bond donors (Lipinski definition) is 2. The first kappa shape index (κ1) is 21.1. The van der Waals surface area contributed by atoms with Crippen LogP contribution in [0.25, 0.3) is 10.7 Å². The first-order valence-corrected chi connectivity index (χ1v) is 11.5. The van der Waals surface area contributed by atoms with E-state index >= 15 is 0 Å². The molecule has 1 aliphatic carbocycles. The summed E-state index contributed by atoms with van der Waals surface area (Å²) in [4.78, 5) is 31.6. The van der Waals surface area contributed by atoms with Crippen LogP contribution in [0.5, 0.6) is 0 Å². The van der Waals surface area contributed by atoms with Gasteiger partial charge >= 0.3 is 0 Å². The van der Waals surface area contributed by atoms with Crippen LogP contribution in [0.4, 0.5) is 11.4 Å². The van der Waals surface area contributed by atoms with Gasteiger partial charge in [0.05, 0.1) is 16.8 Å². The molecular formula is C24H22N4O4S. The second kappa shape index (κ2) is 8.67. The van der Waals surface area contributed by atoms with Gasteiger partial charge in [0.25, 0.3) is 11.8 Å². The van der Waals surface area contributed by atoms with E-state index in [2.05, 4.69) is 20.8 Å². The van der Waals surface area contributed by atoms with E-state index in [0.717, 1.165) is 28.2 Å². The molecule has 3 aromatic heterocycles. The van der Waals surface area contributed by atoms with Crippen LogP contribution in [0.3, 0.4) is 0 Å². The van der Waals surface area contributed by atoms with Gasteiger partial charge < -0.3 is 19.6 Å². The van der Waals surface area contributed by atoms with Crippen molar-refractivity contribution in [2.45, 2.75) is 39.0 Å². The monoisotopic (exact) mass is 462 g/mol. The maximum atomic E-state index is 12.9. The molecule has 0 saturated heterocycles. The normalized spacial score (nSPS) is 13.5. The average molecular weight is 463 g/mol. The van der Waals surface area contributed by atoms with Crippen LogP contribution in [0.15, 0.2) is 51.6 Å². The molecule has 33 heavy (non-hydrogen) atoms. The molecule has 3 heterocycles. The predicted octanol–water partition coefficient (Wildman–Crippen LogP) is 5.78. The molecule has 8 nitrogen and oxygen atoms in total. The van der Waals surface area contributed by atoms with E-state index in [9.17, 15) is 9.59 Å². The van der Waals surface area contributed by atoms with Crippen LogP contribution in [0.1, 0.15) is 62.4 Å². The molecule has 0 bridgehead atoms. The molecule has 0 aliphatic heterocycles. The summed E-state index contributed by atoms with van der Waals surface area (Å²) >= 11 is 1.50. The van der Waals surface area contributed by atoms with Crippen molar-refractivity contribution in [3.05, 3.63) is 70.3 Å². The van der Waals surface area contributed by atoms with Crippen molar-refractivity contribution in [2.24, 2.45) is 0 Å². The largest absolute Gasteiger partial charge is 0.459 e. The Hall–Kier alpha value is -3.72. The molecule has 1 aliphatic rings. The van der Waals surface area contributed by atoms with Crippen molar-refractivity contribution >= 4 is 34.5 Å². The molecule has 1 aromatic carbocycles. The fourth-order valence-electron chi connectivity index (χ4n) is 3.56. The highest BCUT2D eigenvalue weighted by atomic mass is 32.1. The lowest BCUT2D eigenvalue weighted by molar-refractivity contribution is 0.0993. The Morgan fingerprint density at radius 1 is 1.06 bits per heavy atom. The third-order valence-corrected chi connectivity index (χ3v) is 6.82. The minimum absolute atomic E-state index is 0.201. The van der Waals surface area contributed by atoms with Crippen molar-refractivity contribution in [1.82, 2.24) is 10.1 Å². The summed E-state index contributed by atoms with van der Waals surface area (Å²) in [5, 5.41) is 9.86. The number of rotatable bonds is 6. The molecule has 0 unspecified atom stereocenters. The van der Waals surface area contributed by atoms with Crippen LogP contribution < -0.4 is 10.6 Å². The summed E-state index contributed by atoms with van der Waals surface area (Å²) in [7, 11) is 0. The third-order valence-electron chi connectivity index (χ3n) is 5.78. The number of nitrogens with zero attached hydrogens (tertiary/aromatic N) is 2. The Labute approximate surface area is 194 Å². The maximum Gasteiger partial charge on any atom is 0.291 e. The summed E-state index contributed by atoms with van der Waals surface area (Å²) in [5.74, 6) is 1.16. The standard InChI is InChI=1S/C24H22N4O4S/c1-13-8-9-16(11-17(13)25-23(30)19-7-4-10-31-19)22(29)26-18-12-20(33-14(18)2)21-27-24(32-28-21)15-5-3-6-15/h4,7-12,15H,3,5-6H2,1-2H3,(H,25,30)(H,26,29). The highest BCUT2D eigenvalue weighted by Crippen LogP contribution is 2.38. The lowest BCUT2D eigenvalue weighted by atomic mass is 9.85. The van der Waals surface area contributed by atoms with Crippen molar-refractivity contribution in [1.29, 1.82) is 0 Å². The minimum Gasteiger partial charge on any atom is -0.459 e. The fraction of sp³-hybridized carbons (Fsp3) is 0.250. The van der Waals surface area contributed by atoms with Crippen LogP contribution in [-0.4, -0.2) is 22.0 Å². The first-order chi connectivity index (χ1) is 16.0. The molecule has 168 valence electrons. The lowest BCUT2D eigenvalue weighted by Gasteiger charge is -2.20. The van der Waals surface area contributed by atoms with Crippen LogP contribution in [0.2, 0.25) is 0 Å². The number of carbonyl (C=O) groups excluding carboxylic acids is 2. The zero-order valence-corrected chi connectivity index (χ0v) is 19.0. The Morgan fingerprint density at radius 3 is 2.61 bits per heavy atom. The zero-order chi connectivity index (χ0) is 22.9. The van der Waals surface area contributed by atoms with Crippen LogP contribution in [0, 0.1) is 13.8 Å². The van der Waals surface area contributed by atoms with Gasteiger partial charge in [-0.25, -0.2) is 0 Å². The molecule has 2 amide bonds. The molecular weight excluding hydrogens is 440 g/mol. The van der Waals surface area contributed by atoms with Gasteiger partial charge in [0.15, 0.2) is 5.76 Å². The maximum absolute atomic E-state index is 12.9. The number of nitrogens with one attached hydrogen (secondary N) is 2. The van der Waals surface area contributed by atoms with Gasteiger partial charge in [0.2, 0.25) is 11.7 Å². The number of benzene rings is 1. The van der Waals surface area contributed by atoms with Crippen molar-refractivity contribution in [2.75, 3.05) is 10.6 Å². The zero-order valence-electron chi connectivity index (χ0n) is 18.2. The van der Waals surface area contributed by atoms with E-state index in [0.29, 0.717) is 34.6 Å². The number of furan rings is 1. The molecule has 9 heteroatoms. The van der Waals surface area contributed by atoms with Crippen molar-refractivity contribution < 1.29 is 18.5 Å². The number of carbonyl (C=O) groups is 2.